The molecule has 1 aliphatic heterocycles. The molecule has 0 amide bonds. The monoisotopic (exact) mass is 272 g/mol. The van der Waals surface area contributed by atoms with Gasteiger partial charge in [-0.15, -0.1) is 0 Å². The largest absolute Gasteiger partial charge is 0.489 e. The number of hydrogen-bond donors (Lipinski definition) is 2. The van der Waals surface area contributed by atoms with E-state index in [-0.39, 0.29) is 6.61 Å². The molecule has 3 nitrogen and oxygen atoms in total. The Bertz CT molecular complexity index is 471. The van der Waals surface area contributed by atoms with E-state index in [1.807, 2.05) is 6.07 Å². The van der Waals surface area contributed by atoms with E-state index < -0.39 is 12.2 Å². The van der Waals surface area contributed by atoms with Crippen LogP contribution in [0.3, 0.4) is 0 Å². The first-order valence-corrected chi connectivity index (χ1v) is 6.35. The van der Waals surface area contributed by atoms with Gasteiger partial charge in [0.2, 0.25) is 0 Å². The van der Waals surface area contributed by atoms with Crippen molar-refractivity contribution in [1.82, 2.24) is 5.32 Å². The third kappa shape index (κ3) is 2.94. The second-order valence-electron chi connectivity index (χ2n) is 5.04. The van der Waals surface area contributed by atoms with Crippen LogP contribution in [-0.4, -0.2) is 24.9 Å². The summed E-state index contributed by atoms with van der Waals surface area (Å²) >= 11 is 0. The van der Waals surface area contributed by atoms with Crippen molar-refractivity contribution in [3.05, 3.63) is 23.8 Å². The predicted molar refractivity (Wildman–Crippen MR) is 65.3 cm³/mol. The topological polar surface area (TPSA) is 33.3 Å². The number of ether oxygens (including phenoxy) is 1. The first kappa shape index (κ1) is 12.6. The third-order valence-corrected chi connectivity index (χ3v) is 3.35. The lowest BCUT2D eigenvalue weighted by molar-refractivity contribution is -0.149. The van der Waals surface area contributed by atoms with Crippen molar-refractivity contribution in [3.63, 3.8) is 0 Å². The molecule has 0 bridgehead atoms. The summed E-state index contributed by atoms with van der Waals surface area (Å²) in [6.07, 6.45) is -1.88. The number of nitrogens with one attached hydrogen (secondary N) is 2. The number of fused-ring (bicyclic) bond motifs is 1. The van der Waals surface area contributed by atoms with Crippen LogP contribution in [0.25, 0.3) is 0 Å². The number of halogens is 3. The van der Waals surface area contributed by atoms with Crippen LogP contribution in [0.4, 0.5) is 18.9 Å². The molecule has 1 unspecified atom stereocenters. The SMILES string of the molecule is FC(F)(F)C1COc2cc(CNC3CC3)ccc2N1. The number of hydrogen-bond acceptors (Lipinski definition) is 3. The average molecular weight is 272 g/mol. The van der Waals surface area contributed by atoms with Crippen molar-refractivity contribution >= 4 is 5.69 Å². The minimum Gasteiger partial charge on any atom is -0.489 e. The van der Waals surface area contributed by atoms with Gasteiger partial charge in [-0.25, -0.2) is 0 Å². The third-order valence-electron chi connectivity index (χ3n) is 3.35. The van der Waals surface area contributed by atoms with Crippen LogP contribution in [0.5, 0.6) is 5.75 Å². The van der Waals surface area contributed by atoms with E-state index in [1.165, 1.54) is 12.8 Å². The molecule has 1 aromatic carbocycles. The molecule has 104 valence electrons. The first-order chi connectivity index (χ1) is 9.02. The fraction of sp³-hybridized carbons (Fsp3) is 0.538. The highest BCUT2D eigenvalue weighted by Crippen LogP contribution is 2.34. The maximum Gasteiger partial charge on any atom is 0.411 e. The highest BCUT2D eigenvalue weighted by molar-refractivity contribution is 5.60. The fourth-order valence-electron chi connectivity index (χ4n) is 2.04. The predicted octanol–water partition coefficient (Wildman–Crippen LogP) is 2.67. The van der Waals surface area contributed by atoms with Gasteiger partial charge in [-0.2, -0.15) is 13.2 Å². The Labute approximate surface area is 109 Å². The molecular weight excluding hydrogens is 257 g/mol. The standard InChI is InChI=1S/C13H15F3N2O/c14-13(15,16)12-7-19-11-5-8(1-4-10(11)18-12)6-17-9-2-3-9/h1,4-5,9,12,17-18H,2-3,6-7H2. The van der Waals surface area contributed by atoms with Crippen LogP contribution in [-0.2, 0) is 6.54 Å². The van der Waals surface area contributed by atoms with E-state index in [9.17, 15) is 13.2 Å². The van der Waals surface area contributed by atoms with Crippen molar-refractivity contribution in [2.45, 2.75) is 37.6 Å². The minimum absolute atomic E-state index is 0.379. The van der Waals surface area contributed by atoms with E-state index in [0.717, 1.165) is 12.1 Å². The summed E-state index contributed by atoms with van der Waals surface area (Å²) < 4.78 is 43.0. The fourth-order valence-corrected chi connectivity index (χ4v) is 2.04. The maximum atomic E-state index is 12.6. The lowest BCUT2D eigenvalue weighted by Crippen LogP contribution is -2.43. The molecule has 1 aliphatic carbocycles. The molecular formula is C13H15F3N2O. The van der Waals surface area contributed by atoms with Crippen LogP contribution in [0.1, 0.15) is 18.4 Å². The van der Waals surface area contributed by atoms with Crippen LogP contribution in [0.15, 0.2) is 18.2 Å². The zero-order chi connectivity index (χ0) is 13.5. The molecule has 0 radical (unpaired) electrons. The minimum atomic E-state index is -4.29. The molecule has 1 saturated carbocycles. The van der Waals surface area contributed by atoms with E-state index in [0.29, 0.717) is 17.5 Å². The molecule has 1 atom stereocenters. The van der Waals surface area contributed by atoms with E-state index in [4.69, 9.17) is 4.74 Å². The molecule has 2 N–H and O–H groups in total. The van der Waals surface area contributed by atoms with Gasteiger partial charge in [-0.3, -0.25) is 0 Å². The highest BCUT2D eigenvalue weighted by atomic mass is 19.4. The van der Waals surface area contributed by atoms with Gasteiger partial charge < -0.3 is 15.4 Å². The Kier molecular flexibility index (Phi) is 3.05. The van der Waals surface area contributed by atoms with Crippen molar-refractivity contribution in [3.8, 4) is 5.75 Å². The molecule has 1 fully saturated rings. The Hall–Kier alpha value is -1.43. The zero-order valence-corrected chi connectivity index (χ0v) is 10.3. The first-order valence-electron chi connectivity index (χ1n) is 6.35. The van der Waals surface area contributed by atoms with Gasteiger partial charge in [-0.05, 0) is 30.5 Å². The van der Waals surface area contributed by atoms with Crippen LogP contribution in [0.2, 0.25) is 0 Å². The Morgan fingerprint density at radius 2 is 2.11 bits per heavy atom. The maximum absolute atomic E-state index is 12.6. The van der Waals surface area contributed by atoms with E-state index in [1.54, 1.807) is 12.1 Å². The Balaban J connectivity index is 1.69. The van der Waals surface area contributed by atoms with Gasteiger partial charge in [-0.1, -0.05) is 6.07 Å². The normalized spacial score (nSPS) is 22.4. The van der Waals surface area contributed by atoms with Crippen molar-refractivity contribution in [1.29, 1.82) is 0 Å². The van der Waals surface area contributed by atoms with Crippen LogP contribution in [0, 0.1) is 0 Å². The lowest BCUT2D eigenvalue weighted by atomic mass is 10.1. The van der Waals surface area contributed by atoms with E-state index >= 15 is 0 Å². The summed E-state index contributed by atoms with van der Waals surface area (Å²) in [6.45, 7) is 0.347. The Morgan fingerprint density at radius 3 is 2.79 bits per heavy atom. The summed E-state index contributed by atoms with van der Waals surface area (Å²) in [7, 11) is 0. The van der Waals surface area contributed by atoms with Gasteiger partial charge in [0.1, 0.15) is 12.4 Å². The van der Waals surface area contributed by atoms with Gasteiger partial charge in [0.15, 0.2) is 6.04 Å². The molecule has 1 heterocycles. The second kappa shape index (κ2) is 4.59. The van der Waals surface area contributed by atoms with Crippen LogP contribution >= 0.6 is 0 Å². The van der Waals surface area contributed by atoms with Gasteiger partial charge in [0.05, 0.1) is 5.69 Å². The molecule has 1 aromatic rings. The number of rotatable bonds is 3. The number of anilines is 1. The average Bonchev–Trinajstić information content (AvgIpc) is 3.18. The second-order valence-corrected chi connectivity index (χ2v) is 5.04. The van der Waals surface area contributed by atoms with Gasteiger partial charge in [0.25, 0.3) is 0 Å². The lowest BCUT2D eigenvalue weighted by Gasteiger charge is -2.29. The quantitative estimate of drug-likeness (QED) is 0.887. The van der Waals surface area contributed by atoms with Crippen molar-refractivity contribution < 1.29 is 17.9 Å². The molecule has 3 rings (SSSR count). The summed E-state index contributed by atoms with van der Waals surface area (Å²) in [6, 6.07) is 4.24. The molecule has 2 aliphatic rings. The number of alkyl halides is 3. The highest BCUT2D eigenvalue weighted by Gasteiger charge is 2.42. The molecule has 6 heteroatoms. The summed E-state index contributed by atoms with van der Waals surface area (Å²) in [5.41, 5.74) is 1.43. The van der Waals surface area contributed by atoms with Gasteiger partial charge >= 0.3 is 6.18 Å². The summed E-state index contributed by atoms with van der Waals surface area (Å²) in [5, 5.41) is 5.83. The molecule has 0 saturated heterocycles. The Morgan fingerprint density at radius 1 is 1.32 bits per heavy atom. The van der Waals surface area contributed by atoms with E-state index in [2.05, 4.69) is 10.6 Å². The van der Waals surface area contributed by atoms with Crippen molar-refractivity contribution in [2.75, 3.05) is 11.9 Å². The van der Waals surface area contributed by atoms with Gasteiger partial charge in [0, 0.05) is 12.6 Å². The smallest absolute Gasteiger partial charge is 0.411 e. The van der Waals surface area contributed by atoms with Crippen molar-refractivity contribution in [2.24, 2.45) is 0 Å². The number of benzene rings is 1. The summed E-state index contributed by atoms with van der Waals surface area (Å²) in [5.74, 6) is 0.496. The molecule has 0 spiro atoms. The molecule has 0 aromatic heterocycles. The summed E-state index contributed by atoms with van der Waals surface area (Å²) in [4.78, 5) is 0. The zero-order valence-electron chi connectivity index (χ0n) is 10.3. The van der Waals surface area contributed by atoms with Crippen LogP contribution < -0.4 is 15.4 Å². The molecule has 19 heavy (non-hydrogen) atoms.